The Morgan fingerprint density at radius 2 is 1.58 bits per heavy atom. The van der Waals surface area contributed by atoms with Gasteiger partial charge < -0.3 is 29.7 Å². The number of carbonyl (C=O) groups excluding carboxylic acids is 3. The second-order valence-corrected chi connectivity index (χ2v) is 17.1. The van der Waals surface area contributed by atoms with E-state index in [1.54, 1.807) is 24.1 Å². The number of phenols is 1. The van der Waals surface area contributed by atoms with E-state index in [0.29, 0.717) is 78.7 Å². The Labute approximate surface area is 374 Å². The van der Waals surface area contributed by atoms with Gasteiger partial charge in [0.2, 0.25) is 11.5 Å². The van der Waals surface area contributed by atoms with Gasteiger partial charge >= 0.3 is 6.09 Å². The van der Waals surface area contributed by atoms with Crippen LogP contribution in [0.4, 0.5) is 16.2 Å². The monoisotopic (exact) mass is 862 g/mol. The molecular formula is C53H58N4O7. The number of phenolic OH excluding ortho intramolecular Hbond substituents is 1. The molecule has 11 nitrogen and oxygen atoms in total. The summed E-state index contributed by atoms with van der Waals surface area (Å²) >= 11 is 0. The number of ether oxygens (including phenoxy) is 1. The summed E-state index contributed by atoms with van der Waals surface area (Å²) in [4.78, 5) is 58.0. The molecule has 64 heavy (non-hydrogen) atoms. The lowest BCUT2D eigenvalue weighted by Crippen LogP contribution is -2.40. The maximum Gasteiger partial charge on any atom is 0.411 e. The van der Waals surface area contributed by atoms with Gasteiger partial charge in [-0.2, -0.15) is 0 Å². The molecule has 1 saturated heterocycles. The molecule has 2 amide bonds. The van der Waals surface area contributed by atoms with Crippen LogP contribution in [0.2, 0.25) is 0 Å². The van der Waals surface area contributed by atoms with Crippen LogP contribution in [-0.4, -0.2) is 70.7 Å². The normalized spacial score (nSPS) is 14.2. The Bertz CT molecular complexity index is 2620. The quantitative estimate of drug-likeness (QED) is 0.0662. The molecule has 332 valence electrons. The molecule has 11 heteroatoms. The Morgan fingerprint density at radius 1 is 0.859 bits per heavy atom. The highest BCUT2D eigenvalue weighted by molar-refractivity contribution is 6.00. The number of aromatic hydroxyl groups is 1. The number of benzene rings is 5. The lowest BCUT2D eigenvalue weighted by atomic mass is 9.92. The van der Waals surface area contributed by atoms with Gasteiger partial charge in [-0.05, 0) is 103 Å². The fourth-order valence-corrected chi connectivity index (χ4v) is 8.60. The van der Waals surface area contributed by atoms with Crippen molar-refractivity contribution in [3.63, 3.8) is 0 Å². The fraction of sp³-hybridized carbons (Fsp3) is 0.321. The van der Waals surface area contributed by atoms with Crippen molar-refractivity contribution in [1.82, 2.24) is 9.88 Å². The number of aliphatic hydroxyl groups is 1. The SMILES string of the molecule is Cc1ccc(C(=O)CCc2ccc(CC(C)CC[C@H](O)c3ccc(O)c4[nH]c(=O)ccc34)cc2)cc1N(C)C(=O)CCN1CCC(OC(=O)Nc2ccccc2-c2ccccc2)CC1. The number of para-hydroxylation sites is 1. The molecule has 0 bridgehead atoms. The molecule has 7 rings (SSSR count). The van der Waals surface area contributed by atoms with Gasteiger partial charge in [0.15, 0.2) is 5.78 Å². The minimum atomic E-state index is -0.734. The third kappa shape index (κ3) is 11.7. The van der Waals surface area contributed by atoms with Crippen LogP contribution >= 0.6 is 0 Å². The Morgan fingerprint density at radius 3 is 2.34 bits per heavy atom. The van der Waals surface area contributed by atoms with E-state index in [4.69, 9.17) is 4.74 Å². The van der Waals surface area contributed by atoms with Crippen LogP contribution in [0, 0.1) is 12.8 Å². The molecule has 6 aromatic rings. The second kappa shape index (κ2) is 21.2. The molecule has 1 aliphatic rings. The number of Topliss-reactive ketones (excluding diaryl/α,β-unsaturated/α-hetero) is 1. The minimum Gasteiger partial charge on any atom is -0.506 e. The van der Waals surface area contributed by atoms with Crippen molar-refractivity contribution in [3.8, 4) is 16.9 Å². The fourth-order valence-electron chi connectivity index (χ4n) is 8.60. The van der Waals surface area contributed by atoms with Crippen molar-refractivity contribution in [2.75, 3.05) is 36.9 Å². The van der Waals surface area contributed by atoms with E-state index < -0.39 is 12.2 Å². The van der Waals surface area contributed by atoms with Crippen molar-refractivity contribution in [2.24, 2.45) is 5.92 Å². The van der Waals surface area contributed by atoms with Crippen LogP contribution < -0.4 is 15.8 Å². The van der Waals surface area contributed by atoms with Crippen LogP contribution in [0.15, 0.2) is 126 Å². The van der Waals surface area contributed by atoms with Gasteiger partial charge in [-0.1, -0.05) is 97.9 Å². The molecule has 2 heterocycles. The van der Waals surface area contributed by atoms with Gasteiger partial charge in [0, 0.05) is 67.8 Å². The van der Waals surface area contributed by atoms with Gasteiger partial charge in [-0.3, -0.25) is 19.7 Å². The van der Waals surface area contributed by atoms with E-state index in [1.807, 2.05) is 79.7 Å². The molecule has 0 spiro atoms. The van der Waals surface area contributed by atoms with Crippen LogP contribution in [0.1, 0.15) is 84.2 Å². The molecule has 1 aromatic heterocycles. The Balaban J connectivity index is 0.825. The molecule has 0 radical (unpaired) electrons. The van der Waals surface area contributed by atoms with Crippen LogP contribution in [0.5, 0.6) is 5.75 Å². The number of hydrogen-bond acceptors (Lipinski definition) is 8. The third-order valence-corrected chi connectivity index (χ3v) is 12.4. The number of aryl methyl sites for hydroxylation is 2. The molecule has 4 N–H and O–H groups in total. The topological polar surface area (TPSA) is 152 Å². The summed E-state index contributed by atoms with van der Waals surface area (Å²) in [5.74, 6) is 0.268. The Kier molecular flexibility index (Phi) is 15.1. The number of pyridine rings is 1. The number of aromatic amines is 1. The molecule has 5 aromatic carbocycles. The lowest BCUT2D eigenvalue weighted by Gasteiger charge is -2.32. The average molecular weight is 863 g/mol. The zero-order valence-electron chi connectivity index (χ0n) is 36.9. The van der Waals surface area contributed by atoms with Crippen LogP contribution in [-0.2, 0) is 22.4 Å². The molecule has 0 saturated carbocycles. The van der Waals surface area contributed by atoms with E-state index in [0.717, 1.165) is 53.9 Å². The summed E-state index contributed by atoms with van der Waals surface area (Å²) in [6.45, 7) is 6.14. The van der Waals surface area contributed by atoms with Crippen molar-refractivity contribution < 1.29 is 29.3 Å². The first-order chi connectivity index (χ1) is 30.9. The third-order valence-electron chi connectivity index (χ3n) is 12.4. The summed E-state index contributed by atoms with van der Waals surface area (Å²) in [6, 6.07) is 37.7. The van der Waals surface area contributed by atoms with E-state index in [-0.39, 0.29) is 29.1 Å². The number of nitrogens with one attached hydrogen (secondary N) is 2. The molecule has 1 unspecified atom stereocenters. The van der Waals surface area contributed by atoms with Gasteiger partial charge in [0.05, 0.1) is 17.3 Å². The standard InChI is InChI=1S/C53H58N4O7/c1-35(13-23-48(59)43-21-25-49(60)52-44(43)22-26-50(61)55-52)33-38-17-15-37(16-18-38)19-24-47(58)40-20-14-36(2)46(34-40)56(3)51(62)29-32-57-30-27-41(28-31-57)64-53(63)54-45-12-8-7-11-42(45)39-9-5-4-6-10-39/h4-12,14-18,20-22,25-26,34-35,41,48,59-60H,13,19,23-24,27-33H2,1-3H3,(H,54,63)(H,55,61)/t35?,48-/m0/s1. The summed E-state index contributed by atoms with van der Waals surface area (Å²) in [5, 5.41) is 24.8. The predicted octanol–water partition coefficient (Wildman–Crippen LogP) is 9.78. The molecule has 1 fully saturated rings. The zero-order valence-corrected chi connectivity index (χ0v) is 36.9. The molecule has 2 atom stereocenters. The number of carbonyl (C=O) groups is 3. The summed E-state index contributed by atoms with van der Waals surface area (Å²) in [6.07, 6.45) is 3.39. The number of rotatable bonds is 17. The van der Waals surface area contributed by atoms with Crippen molar-refractivity contribution in [2.45, 2.75) is 77.4 Å². The Hall–Kier alpha value is -6.56. The number of nitrogens with zero attached hydrogens (tertiary/aromatic N) is 2. The first kappa shape index (κ1) is 45.5. The molecule has 0 aliphatic carbocycles. The summed E-state index contributed by atoms with van der Waals surface area (Å²) < 4.78 is 5.80. The number of anilines is 2. The highest BCUT2D eigenvalue weighted by Gasteiger charge is 2.24. The molecule has 1 aliphatic heterocycles. The number of aromatic nitrogens is 1. The minimum absolute atomic E-state index is 0.0188. The van der Waals surface area contributed by atoms with Crippen LogP contribution in [0.3, 0.4) is 0 Å². The van der Waals surface area contributed by atoms with Gasteiger partial charge in [0.1, 0.15) is 11.9 Å². The lowest BCUT2D eigenvalue weighted by molar-refractivity contribution is -0.118. The van der Waals surface area contributed by atoms with Crippen molar-refractivity contribution >= 4 is 40.1 Å². The van der Waals surface area contributed by atoms with E-state index in [2.05, 4.69) is 46.4 Å². The summed E-state index contributed by atoms with van der Waals surface area (Å²) in [5.41, 5.74) is 7.81. The second-order valence-electron chi connectivity index (χ2n) is 17.1. The summed E-state index contributed by atoms with van der Waals surface area (Å²) in [7, 11) is 1.76. The van der Waals surface area contributed by atoms with E-state index in [1.165, 1.54) is 17.7 Å². The number of H-pyrrole nitrogens is 1. The number of aliphatic hydroxyl groups excluding tert-OH is 1. The first-order valence-electron chi connectivity index (χ1n) is 22.3. The highest BCUT2D eigenvalue weighted by atomic mass is 16.6. The zero-order chi connectivity index (χ0) is 45.2. The van der Waals surface area contributed by atoms with Gasteiger partial charge in [-0.25, -0.2) is 4.79 Å². The number of amides is 2. The predicted molar refractivity (Wildman–Crippen MR) is 253 cm³/mol. The van der Waals surface area contributed by atoms with Gasteiger partial charge in [0.25, 0.3) is 0 Å². The number of likely N-dealkylation sites (tertiary alicyclic amines) is 1. The van der Waals surface area contributed by atoms with Crippen molar-refractivity contribution in [3.05, 3.63) is 159 Å². The van der Waals surface area contributed by atoms with Crippen molar-refractivity contribution in [1.29, 1.82) is 0 Å². The van der Waals surface area contributed by atoms with E-state index >= 15 is 0 Å². The number of fused-ring (bicyclic) bond motifs is 1. The van der Waals surface area contributed by atoms with Crippen LogP contribution in [0.25, 0.3) is 22.0 Å². The largest absolute Gasteiger partial charge is 0.506 e. The van der Waals surface area contributed by atoms with E-state index in [9.17, 15) is 29.4 Å². The number of ketones is 1. The highest BCUT2D eigenvalue weighted by Crippen LogP contribution is 2.32. The average Bonchev–Trinajstić information content (AvgIpc) is 3.30. The maximum absolute atomic E-state index is 13.4. The number of hydrogen-bond donors (Lipinski definition) is 4. The van der Waals surface area contributed by atoms with Gasteiger partial charge in [-0.15, -0.1) is 0 Å². The first-order valence-corrected chi connectivity index (χ1v) is 22.3. The smallest absolute Gasteiger partial charge is 0.411 e. The maximum atomic E-state index is 13.4. The number of piperidine rings is 1. The molecular weight excluding hydrogens is 805 g/mol.